The minimum absolute atomic E-state index is 0.122. The molecule has 1 fully saturated rings. The Morgan fingerprint density at radius 2 is 1.67 bits per heavy atom. The molecule has 14 heteroatoms. The van der Waals surface area contributed by atoms with E-state index >= 15 is 0 Å². The number of hydrogen-bond acceptors (Lipinski definition) is 7. The number of pyridine rings is 2. The standard InChI is InChI=1S/C27H23F3N6O.C4H4O4/c1-34-24-16-33-22-6-4-17(18-3-2-8-32-15-18)13-20(22)25(24)36(26(34)37)19-5-7-23(21(14-19)27(28,29)30)35-11-9-31-10-12-35;5-3(6)1-2-4(7)8/h2-8,13-16,31H,9-12H2,1H3;1-2H,(H,5,6)(H,7,8). The van der Waals surface area contributed by atoms with E-state index in [2.05, 4.69) is 15.3 Å². The lowest BCUT2D eigenvalue weighted by molar-refractivity contribution is -0.137. The molecular formula is C31H27F3N6O5. The number of benzene rings is 2. The maximum Gasteiger partial charge on any atom is 0.418 e. The van der Waals surface area contributed by atoms with E-state index in [4.69, 9.17) is 10.2 Å². The summed E-state index contributed by atoms with van der Waals surface area (Å²) >= 11 is 0. The van der Waals surface area contributed by atoms with E-state index in [0.717, 1.165) is 17.2 Å². The Morgan fingerprint density at radius 1 is 0.956 bits per heavy atom. The molecule has 0 radical (unpaired) electrons. The normalized spacial score (nSPS) is 13.6. The van der Waals surface area contributed by atoms with E-state index < -0.39 is 29.4 Å². The van der Waals surface area contributed by atoms with Crippen LogP contribution in [0.25, 0.3) is 38.8 Å². The summed E-state index contributed by atoms with van der Waals surface area (Å²) in [6.07, 6.45) is 1.53. The molecule has 1 aliphatic rings. The summed E-state index contributed by atoms with van der Waals surface area (Å²) in [4.78, 5) is 42.9. The average molecular weight is 621 g/mol. The first-order valence-corrected chi connectivity index (χ1v) is 13.7. The van der Waals surface area contributed by atoms with Gasteiger partial charge in [-0.25, -0.2) is 14.4 Å². The lowest BCUT2D eigenvalue weighted by atomic mass is 10.0. The van der Waals surface area contributed by atoms with Crippen molar-refractivity contribution in [2.75, 3.05) is 31.1 Å². The van der Waals surface area contributed by atoms with Crippen molar-refractivity contribution < 1.29 is 33.0 Å². The molecular weight excluding hydrogens is 593 g/mol. The van der Waals surface area contributed by atoms with Gasteiger partial charge in [0.15, 0.2) is 0 Å². The van der Waals surface area contributed by atoms with Crippen LogP contribution in [0.2, 0.25) is 0 Å². The van der Waals surface area contributed by atoms with Crippen LogP contribution in [-0.4, -0.2) is 67.4 Å². The summed E-state index contributed by atoms with van der Waals surface area (Å²) < 4.78 is 45.5. The topological polar surface area (TPSA) is 143 Å². The summed E-state index contributed by atoms with van der Waals surface area (Å²) in [6.45, 7) is 2.17. The molecule has 45 heavy (non-hydrogen) atoms. The van der Waals surface area contributed by atoms with Crippen molar-refractivity contribution in [2.45, 2.75) is 6.18 Å². The third kappa shape index (κ3) is 6.55. The average Bonchev–Trinajstić information content (AvgIpc) is 3.29. The second-order valence-electron chi connectivity index (χ2n) is 10.1. The predicted molar refractivity (Wildman–Crippen MR) is 162 cm³/mol. The van der Waals surface area contributed by atoms with Crippen LogP contribution >= 0.6 is 0 Å². The molecule has 5 aromatic rings. The number of aromatic nitrogens is 4. The monoisotopic (exact) mass is 620 g/mol. The van der Waals surface area contributed by atoms with Crippen molar-refractivity contribution in [3.8, 4) is 16.8 Å². The van der Waals surface area contributed by atoms with Gasteiger partial charge >= 0.3 is 23.8 Å². The fourth-order valence-electron chi connectivity index (χ4n) is 5.16. The first-order valence-electron chi connectivity index (χ1n) is 13.7. The van der Waals surface area contributed by atoms with Gasteiger partial charge in [0.25, 0.3) is 0 Å². The van der Waals surface area contributed by atoms with Crippen LogP contribution in [0.15, 0.2) is 84.1 Å². The second-order valence-corrected chi connectivity index (χ2v) is 10.1. The number of carboxylic acid groups (broad SMARTS) is 2. The van der Waals surface area contributed by atoms with Crippen molar-refractivity contribution in [3.63, 3.8) is 0 Å². The Balaban J connectivity index is 0.000000444. The van der Waals surface area contributed by atoms with Gasteiger partial charge in [-0.1, -0.05) is 12.1 Å². The van der Waals surface area contributed by atoms with Crippen LogP contribution in [-0.2, 0) is 22.8 Å². The van der Waals surface area contributed by atoms with Crippen molar-refractivity contribution in [2.24, 2.45) is 7.05 Å². The molecule has 0 bridgehead atoms. The maximum absolute atomic E-state index is 14.3. The Kier molecular flexibility index (Phi) is 8.68. The Morgan fingerprint density at radius 3 is 2.29 bits per heavy atom. The molecule has 11 nitrogen and oxygen atoms in total. The lowest BCUT2D eigenvalue weighted by Gasteiger charge is -2.31. The number of hydrogen-bond donors (Lipinski definition) is 3. The van der Waals surface area contributed by atoms with Gasteiger partial charge in [0.2, 0.25) is 0 Å². The number of alkyl halides is 3. The molecule has 2 aromatic carbocycles. The minimum Gasteiger partial charge on any atom is -0.478 e. The number of piperazine rings is 1. The Labute approximate surface area is 253 Å². The van der Waals surface area contributed by atoms with Crippen LogP contribution in [0.3, 0.4) is 0 Å². The van der Waals surface area contributed by atoms with Crippen molar-refractivity contribution in [1.82, 2.24) is 24.4 Å². The number of rotatable bonds is 5. The van der Waals surface area contributed by atoms with E-state index in [9.17, 15) is 27.6 Å². The number of imidazole rings is 1. The largest absolute Gasteiger partial charge is 0.478 e. The zero-order chi connectivity index (χ0) is 32.3. The molecule has 232 valence electrons. The van der Waals surface area contributed by atoms with Gasteiger partial charge in [0, 0.05) is 74.4 Å². The fraction of sp³-hybridized carbons (Fsp3) is 0.194. The predicted octanol–water partition coefficient (Wildman–Crippen LogP) is 4.08. The highest BCUT2D eigenvalue weighted by atomic mass is 19.4. The highest BCUT2D eigenvalue weighted by Gasteiger charge is 2.36. The number of aliphatic carboxylic acids is 2. The van der Waals surface area contributed by atoms with Crippen LogP contribution in [0.5, 0.6) is 0 Å². The van der Waals surface area contributed by atoms with Crippen LogP contribution in [0, 0.1) is 0 Å². The third-order valence-corrected chi connectivity index (χ3v) is 7.25. The van der Waals surface area contributed by atoms with Gasteiger partial charge < -0.3 is 20.4 Å². The molecule has 3 N–H and O–H groups in total. The molecule has 0 atom stereocenters. The van der Waals surface area contributed by atoms with Crippen LogP contribution in [0.4, 0.5) is 18.9 Å². The van der Waals surface area contributed by atoms with Gasteiger partial charge in [-0.3, -0.25) is 19.1 Å². The third-order valence-electron chi connectivity index (χ3n) is 7.25. The molecule has 1 saturated heterocycles. The van der Waals surface area contributed by atoms with Gasteiger partial charge in [-0.15, -0.1) is 0 Å². The number of anilines is 1. The molecule has 3 aromatic heterocycles. The maximum atomic E-state index is 14.3. The van der Waals surface area contributed by atoms with Crippen LogP contribution in [0.1, 0.15) is 5.56 Å². The van der Waals surface area contributed by atoms with E-state index in [0.29, 0.717) is 60.3 Å². The number of fused-ring (bicyclic) bond motifs is 3. The number of carbonyl (C=O) groups is 2. The zero-order valence-corrected chi connectivity index (χ0v) is 23.8. The second kappa shape index (κ2) is 12.6. The highest BCUT2D eigenvalue weighted by molar-refractivity contribution is 6.04. The highest BCUT2D eigenvalue weighted by Crippen LogP contribution is 2.39. The smallest absolute Gasteiger partial charge is 0.418 e. The number of nitrogens with zero attached hydrogens (tertiary/aromatic N) is 5. The van der Waals surface area contributed by atoms with Crippen molar-refractivity contribution in [1.29, 1.82) is 0 Å². The summed E-state index contributed by atoms with van der Waals surface area (Å²) in [5.41, 5.74) is 2.48. The SMILES string of the molecule is Cn1c(=O)n(-c2ccc(N3CCNCC3)c(C(F)(F)F)c2)c2c3cc(-c4cccnc4)ccc3ncc21.O=C(O)C=CC(=O)O. The fourth-order valence-corrected chi connectivity index (χ4v) is 5.16. The number of nitrogens with one attached hydrogen (secondary N) is 1. The molecule has 4 heterocycles. The van der Waals surface area contributed by atoms with Crippen LogP contribution < -0.4 is 15.9 Å². The number of aryl methyl sites for hydroxylation is 1. The summed E-state index contributed by atoms with van der Waals surface area (Å²) in [5.74, 6) is -2.51. The van der Waals surface area contributed by atoms with Crippen molar-refractivity contribution >= 4 is 39.6 Å². The molecule has 0 amide bonds. The first-order chi connectivity index (χ1) is 21.5. The van der Waals surface area contributed by atoms with Gasteiger partial charge in [-0.05, 0) is 42.0 Å². The summed E-state index contributed by atoms with van der Waals surface area (Å²) in [7, 11) is 1.60. The van der Waals surface area contributed by atoms with Crippen molar-refractivity contribution in [3.05, 3.63) is 95.3 Å². The number of halogens is 3. The van der Waals surface area contributed by atoms with E-state index in [1.807, 2.05) is 30.3 Å². The number of carboxylic acids is 2. The quantitative estimate of drug-likeness (QED) is 0.248. The van der Waals surface area contributed by atoms with E-state index in [-0.39, 0.29) is 11.4 Å². The Bertz CT molecular complexity index is 1960. The molecule has 6 rings (SSSR count). The molecule has 0 aliphatic carbocycles. The summed E-state index contributed by atoms with van der Waals surface area (Å²) in [5, 5.41) is 19.5. The van der Waals surface area contributed by atoms with E-state index in [1.54, 1.807) is 36.6 Å². The zero-order valence-electron chi connectivity index (χ0n) is 23.8. The minimum atomic E-state index is -4.58. The molecule has 0 unspecified atom stereocenters. The lowest BCUT2D eigenvalue weighted by Crippen LogP contribution is -2.44. The summed E-state index contributed by atoms with van der Waals surface area (Å²) in [6, 6.07) is 13.5. The molecule has 0 saturated carbocycles. The first kappa shape index (κ1) is 30.9. The van der Waals surface area contributed by atoms with E-state index in [1.165, 1.54) is 15.2 Å². The van der Waals surface area contributed by atoms with Gasteiger partial charge in [-0.2, -0.15) is 13.2 Å². The van der Waals surface area contributed by atoms with Gasteiger partial charge in [0.1, 0.15) is 0 Å². The molecule has 1 aliphatic heterocycles. The molecule has 0 spiro atoms. The van der Waals surface area contributed by atoms with Gasteiger partial charge in [0.05, 0.1) is 34.0 Å². The Hall–Kier alpha value is -5.50.